The molecule has 1 heterocycles. The Morgan fingerprint density at radius 1 is 1.04 bits per heavy atom. The lowest BCUT2D eigenvalue weighted by Gasteiger charge is -2.35. The SMILES string of the molecule is COc1cc(OC)c([C@H](CCF)N2CCNCC2)cc1OC.Cl. The standard InChI is InChI=1S/C16H25FN2O3.ClH/c1-20-14-11-16(22-3)15(21-2)10-12(14)13(4-5-17)19-8-6-18-7-9-19;/h10-11,13,18H,4-9H2,1-3H3;1H/t13-;/m0./s1. The number of halogens is 2. The molecule has 0 saturated carbocycles. The van der Waals surface area contributed by atoms with Crippen molar-refractivity contribution in [2.45, 2.75) is 12.5 Å². The summed E-state index contributed by atoms with van der Waals surface area (Å²) in [5.41, 5.74) is 0.944. The van der Waals surface area contributed by atoms with E-state index >= 15 is 0 Å². The molecule has 0 spiro atoms. The average Bonchev–Trinajstić information content (AvgIpc) is 2.59. The van der Waals surface area contributed by atoms with Crippen LogP contribution in [0.3, 0.4) is 0 Å². The molecule has 5 nitrogen and oxygen atoms in total. The molecular weight excluding hydrogens is 323 g/mol. The minimum Gasteiger partial charge on any atom is -0.496 e. The lowest BCUT2D eigenvalue weighted by molar-refractivity contribution is 0.154. The van der Waals surface area contributed by atoms with Crippen LogP contribution in [0.25, 0.3) is 0 Å². The monoisotopic (exact) mass is 348 g/mol. The summed E-state index contributed by atoms with van der Waals surface area (Å²) in [5.74, 6) is 1.95. The van der Waals surface area contributed by atoms with Crippen molar-refractivity contribution < 1.29 is 18.6 Å². The molecule has 1 fully saturated rings. The van der Waals surface area contributed by atoms with Crippen molar-refractivity contribution in [2.24, 2.45) is 0 Å². The Hall–Kier alpha value is -1.24. The molecule has 23 heavy (non-hydrogen) atoms. The number of piperazine rings is 1. The van der Waals surface area contributed by atoms with Crippen LogP contribution in [0.2, 0.25) is 0 Å². The van der Waals surface area contributed by atoms with Crippen LogP contribution in [0.15, 0.2) is 12.1 Å². The first kappa shape index (κ1) is 19.8. The molecule has 1 saturated heterocycles. The summed E-state index contributed by atoms with van der Waals surface area (Å²) in [6, 6.07) is 3.68. The van der Waals surface area contributed by atoms with E-state index in [1.54, 1.807) is 21.3 Å². The first-order valence-electron chi connectivity index (χ1n) is 7.55. The van der Waals surface area contributed by atoms with E-state index in [1.807, 2.05) is 12.1 Å². The molecule has 2 rings (SSSR count). The van der Waals surface area contributed by atoms with Crippen molar-refractivity contribution in [1.29, 1.82) is 0 Å². The predicted molar refractivity (Wildman–Crippen MR) is 91.1 cm³/mol. The molecule has 132 valence electrons. The van der Waals surface area contributed by atoms with Crippen LogP contribution < -0.4 is 19.5 Å². The molecule has 0 aliphatic carbocycles. The second-order valence-corrected chi connectivity index (χ2v) is 5.23. The van der Waals surface area contributed by atoms with Crippen molar-refractivity contribution in [3.63, 3.8) is 0 Å². The molecule has 1 aromatic rings. The Balaban J connectivity index is 0.00000264. The van der Waals surface area contributed by atoms with Gasteiger partial charge in [-0.3, -0.25) is 9.29 Å². The zero-order chi connectivity index (χ0) is 15.9. The Labute approximate surface area is 143 Å². The molecule has 1 aliphatic heterocycles. The Morgan fingerprint density at radius 2 is 1.61 bits per heavy atom. The second kappa shape index (κ2) is 9.80. The van der Waals surface area contributed by atoms with Crippen LogP contribution in [0.4, 0.5) is 4.39 Å². The van der Waals surface area contributed by atoms with Gasteiger partial charge in [0.2, 0.25) is 0 Å². The fraction of sp³-hybridized carbons (Fsp3) is 0.625. The third kappa shape index (κ3) is 4.62. The van der Waals surface area contributed by atoms with Crippen molar-refractivity contribution in [3.05, 3.63) is 17.7 Å². The van der Waals surface area contributed by atoms with Gasteiger partial charge in [0.05, 0.1) is 28.0 Å². The molecule has 0 unspecified atom stereocenters. The zero-order valence-corrected chi connectivity index (χ0v) is 14.7. The summed E-state index contributed by atoms with van der Waals surface area (Å²) in [4.78, 5) is 2.29. The predicted octanol–water partition coefficient (Wildman–Crippen LogP) is 2.44. The topological polar surface area (TPSA) is 43.0 Å². The highest BCUT2D eigenvalue weighted by molar-refractivity contribution is 5.85. The van der Waals surface area contributed by atoms with E-state index in [0.29, 0.717) is 23.7 Å². The molecule has 0 radical (unpaired) electrons. The number of nitrogens with one attached hydrogen (secondary N) is 1. The summed E-state index contributed by atoms with van der Waals surface area (Å²) in [6.07, 6.45) is 0.436. The number of nitrogens with zero attached hydrogens (tertiary/aromatic N) is 1. The van der Waals surface area contributed by atoms with Gasteiger partial charge in [0.25, 0.3) is 0 Å². The van der Waals surface area contributed by atoms with Crippen LogP contribution in [-0.2, 0) is 0 Å². The van der Waals surface area contributed by atoms with Crippen LogP contribution in [0, 0.1) is 0 Å². The van der Waals surface area contributed by atoms with Gasteiger partial charge in [-0.1, -0.05) is 0 Å². The van der Waals surface area contributed by atoms with Crippen LogP contribution >= 0.6 is 12.4 Å². The molecule has 1 aliphatic rings. The van der Waals surface area contributed by atoms with Crippen molar-refractivity contribution in [1.82, 2.24) is 10.2 Å². The van der Waals surface area contributed by atoms with E-state index in [0.717, 1.165) is 31.7 Å². The molecular formula is C16H26ClFN2O3. The van der Waals surface area contributed by atoms with Crippen molar-refractivity contribution in [3.8, 4) is 17.2 Å². The van der Waals surface area contributed by atoms with E-state index in [9.17, 15) is 4.39 Å². The molecule has 0 aromatic heterocycles. The first-order chi connectivity index (χ1) is 10.7. The molecule has 1 N–H and O–H groups in total. The fourth-order valence-electron chi connectivity index (χ4n) is 2.95. The van der Waals surface area contributed by atoms with Gasteiger partial charge in [-0.05, 0) is 12.5 Å². The van der Waals surface area contributed by atoms with E-state index in [4.69, 9.17) is 14.2 Å². The Kier molecular flexibility index (Phi) is 8.44. The highest BCUT2D eigenvalue weighted by atomic mass is 35.5. The molecule has 1 aromatic carbocycles. The number of rotatable bonds is 7. The zero-order valence-electron chi connectivity index (χ0n) is 13.9. The van der Waals surface area contributed by atoms with E-state index in [2.05, 4.69) is 10.2 Å². The summed E-state index contributed by atoms with van der Waals surface area (Å²) in [5, 5.41) is 3.32. The van der Waals surface area contributed by atoms with Gasteiger partial charge >= 0.3 is 0 Å². The molecule has 1 atom stereocenters. The number of hydrogen-bond acceptors (Lipinski definition) is 5. The van der Waals surface area contributed by atoms with E-state index in [-0.39, 0.29) is 25.1 Å². The highest BCUT2D eigenvalue weighted by Gasteiger charge is 2.26. The average molecular weight is 349 g/mol. The Morgan fingerprint density at radius 3 is 2.13 bits per heavy atom. The van der Waals surface area contributed by atoms with Gasteiger partial charge in [0.15, 0.2) is 11.5 Å². The lowest BCUT2D eigenvalue weighted by atomic mass is 9.99. The summed E-state index contributed by atoms with van der Waals surface area (Å²) < 4.78 is 29.3. The minimum atomic E-state index is -0.369. The Bertz CT molecular complexity index is 485. The van der Waals surface area contributed by atoms with Crippen molar-refractivity contribution >= 4 is 12.4 Å². The molecule has 0 amide bonds. The summed E-state index contributed by atoms with van der Waals surface area (Å²) in [6.45, 7) is 3.24. The third-order valence-electron chi connectivity index (χ3n) is 4.07. The van der Waals surface area contributed by atoms with Gasteiger partial charge in [-0.2, -0.15) is 0 Å². The highest BCUT2D eigenvalue weighted by Crippen LogP contribution is 2.40. The van der Waals surface area contributed by atoms with Crippen LogP contribution in [0.5, 0.6) is 17.2 Å². The number of benzene rings is 1. The fourth-order valence-corrected chi connectivity index (χ4v) is 2.95. The number of alkyl halides is 1. The summed E-state index contributed by atoms with van der Waals surface area (Å²) in [7, 11) is 4.81. The maximum atomic E-state index is 13.1. The van der Waals surface area contributed by atoms with E-state index in [1.165, 1.54) is 0 Å². The van der Waals surface area contributed by atoms with Crippen LogP contribution in [0.1, 0.15) is 18.0 Å². The first-order valence-corrected chi connectivity index (χ1v) is 7.55. The third-order valence-corrected chi connectivity index (χ3v) is 4.07. The normalized spacial score (nSPS) is 16.3. The largest absolute Gasteiger partial charge is 0.496 e. The maximum absolute atomic E-state index is 13.1. The molecule has 7 heteroatoms. The van der Waals surface area contributed by atoms with Gasteiger partial charge in [0, 0.05) is 43.9 Å². The maximum Gasteiger partial charge on any atom is 0.164 e. The van der Waals surface area contributed by atoms with Gasteiger partial charge in [-0.15, -0.1) is 12.4 Å². The minimum absolute atomic E-state index is 0. The number of hydrogen-bond donors (Lipinski definition) is 1. The lowest BCUT2D eigenvalue weighted by Crippen LogP contribution is -2.45. The summed E-state index contributed by atoms with van der Waals surface area (Å²) >= 11 is 0. The van der Waals surface area contributed by atoms with Gasteiger partial charge in [-0.25, -0.2) is 0 Å². The molecule has 0 bridgehead atoms. The number of methoxy groups -OCH3 is 3. The van der Waals surface area contributed by atoms with Gasteiger partial charge in [0.1, 0.15) is 5.75 Å². The number of ether oxygens (including phenoxy) is 3. The second-order valence-electron chi connectivity index (χ2n) is 5.23. The van der Waals surface area contributed by atoms with E-state index < -0.39 is 0 Å². The van der Waals surface area contributed by atoms with Crippen molar-refractivity contribution in [2.75, 3.05) is 54.2 Å². The van der Waals surface area contributed by atoms with Crippen LogP contribution in [-0.4, -0.2) is 59.1 Å². The quantitative estimate of drug-likeness (QED) is 0.820. The van der Waals surface area contributed by atoms with Gasteiger partial charge < -0.3 is 19.5 Å². The smallest absolute Gasteiger partial charge is 0.164 e.